The van der Waals surface area contributed by atoms with Gasteiger partial charge in [-0.2, -0.15) is 0 Å². The van der Waals surface area contributed by atoms with E-state index >= 15 is 0 Å². The molecule has 1 atom stereocenters. The molecule has 0 saturated carbocycles. The molecule has 15 heavy (non-hydrogen) atoms. The fourth-order valence-electron chi connectivity index (χ4n) is 2.39. The maximum atomic E-state index is 5.10. The molecule has 1 aliphatic rings. The van der Waals surface area contributed by atoms with Gasteiger partial charge in [-0.15, -0.1) is 0 Å². The van der Waals surface area contributed by atoms with Crippen molar-refractivity contribution in [1.29, 1.82) is 0 Å². The number of methoxy groups -OCH3 is 1. The SMILES string of the molecule is CCNC(C)C1CCN(CCOC)CC1. The van der Waals surface area contributed by atoms with Crippen molar-refractivity contribution in [3.05, 3.63) is 0 Å². The fourth-order valence-corrected chi connectivity index (χ4v) is 2.39. The normalized spacial score (nSPS) is 21.8. The van der Waals surface area contributed by atoms with Gasteiger partial charge in [0.15, 0.2) is 0 Å². The summed E-state index contributed by atoms with van der Waals surface area (Å²) in [7, 11) is 1.78. The van der Waals surface area contributed by atoms with E-state index in [0.717, 1.165) is 25.6 Å². The number of hydrogen-bond acceptors (Lipinski definition) is 3. The third kappa shape index (κ3) is 4.49. The molecule has 1 heterocycles. The third-order valence-corrected chi connectivity index (χ3v) is 3.48. The second kappa shape index (κ2) is 7.20. The van der Waals surface area contributed by atoms with Gasteiger partial charge in [0.05, 0.1) is 6.61 Å². The molecule has 0 amide bonds. The van der Waals surface area contributed by atoms with Gasteiger partial charge in [-0.3, -0.25) is 0 Å². The number of nitrogens with one attached hydrogen (secondary N) is 1. The van der Waals surface area contributed by atoms with E-state index in [-0.39, 0.29) is 0 Å². The molecular formula is C12H26N2O. The summed E-state index contributed by atoms with van der Waals surface area (Å²) in [5.41, 5.74) is 0. The highest BCUT2D eigenvalue weighted by Gasteiger charge is 2.22. The number of nitrogens with zero attached hydrogens (tertiary/aromatic N) is 1. The molecule has 0 aromatic heterocycles. The highest BCUT2D eigenvalue weighted by molar-refractivity contribution is 4.79. The van der Waals surface area contributed by atoms with Crippen molar-refractivity contribution in [2.75, 3.05) is 39.9 Å². The van der Waals surface area contributed by atoms with Crippen LogP contribution in [0.4, 0.5) is 0 Å². The van der Waals surface area contributed by atoms with E-state index in [2.05, 4.69) is 24.1 Å². The maximum absolute atomic E-state index is 5.10. The number of hydrogen-bond donors (Lipinski definition) is 1. The first-order valence-corrected chi connectivity index (χ1v) is 6.22. The van der Waals surface area contributed by atoms with Crippen molar-refractivity contribution in [2.24, 2.45) is 5.92 Å². The van der Waals surface area contributed by atoms with Crippen LogP contribution >= 0.6 is 0 Å². The van der Waals surface area contributed by atoms with Crippen molar-refractivity contribution >= 4 is 0 Å². The molecule has 3 nitrogen and oxygen atoms in total. The summed E-state index contributed by atoms with van der Waals surface area (Å²) >= 11 is 0. The van der Waals surface area contributed by atoms with Crippen LogP contribution < -0.4 is 5.32 Å². The Kier molecular flexibility index (Phi) is 6.22. The summed E-state index contributed by atoms with van der Waals surface area (Å²) < 4.78 is 5.10. The fraction of sp³-hybridized carbons (Fsp3) is 1.00. The van der Waals surface area contributed by atoms with Gasteiger partial charge in [0.2, 0.25) is 0 Å². The van der Waals surface area contributed by atoms with Crippen LogP contribution in [0.15, 0.2) is 0 Å². The van der Waals surface area contributed by atoms with Crippen LogP contribution in [0.2, 0.25) is 0 Å². The Labute approximate surface area is 94.2 Å². The van der Waals surface area contributed by atoms with Crippen LogP contribution in [0.3, 0.4) is 0 Å². The molecule has 3 heteroatoms. The van der Waals surface area contributed by atoms with E-state index in [1.807, 2.05) is 0 Å². The Hall–Kier alpha value is -0.120. The predicted molar refractivity (Wildman–Crippen MR) is 64.2 cm³/mol. The van der Waals surface area contributed by atoms with Crippen molar-refractivity contribution in [1.82, 2.24) is 10.2 Å². The molecule has 1 unspecified atom stereocenters. The first-order chi connectivity index (χ1) is 7.27. The molecule has 0 aromatic carbocycles. The minimum atomic E-state index is 0.680. The first kappa shape index (κ1) is 12.9. The lowest BCUT2D eigenvalue weighted by molar-refractivity contribution is 0.112. The zero-order valence-corrected chi connectivity index (χ0v) is 10.5. The molecule has 1 aliphatic heterocycles. The minimum Gasteiger partial charge on any atom is -0.383 e. The van der Waals surface area contributed by atoms with Crippen LogP contribution in [-0.2, 0) is 4.74 Å². The molecule has 90 valence electrons. The molecule has 0 radical (unpaired) electrons. The molecule has 1 N–H and O–H groups in total. The van der Waals surface area contributed by atoms with Gasteiger partial charge < -0.3 is 15.0 Å². The van der Waals surface area contributed by atoms with Gasteiger partial charge in [-0.05, 0) is 45.3 Å². The quantitative estimate of drug-likeness (QED) is 0.722. The van der Waals surface area contributed by atoms with Crippen LogP contribution in [0.5, 0.6) is 0 Å². The monoisotopic (exact) mass is 214 g/mol. The van der Waals surface area contributed by atoms with Crippen LogP contribution in [0.1, 0.15) is 26.7 Å². The Balaban J connectivity index is 2.17. The molecule has 0 bridgehead atoms. The van der Waals surface area contributed by atoms with Gasteiger partial charge in [-0.25, -0.2) is 0 Å². The Morgan fingerprint density at radius 1 is 1.40 bits per heavy atom. The third-order valence-electron chi connectivity index (χ3n) is 3.48. The number of ether oxygens (including phenoxy) is 1. The van der Waals surface area contributed by atoms with E-state index in [4.69, 9.17) is 4.74 Å². The molecule has 0 spiro atoms. The van der Waals surface area contributed by atoms with Crippen LogP contribution in [0, 0.1) is 5.92 Å². The van der Waals surface area contributed by atoms with E-state index in [1.165, 1.54) is 25.9 Å². The molecule has 0 aliphatic carbocycles. The summed E-state index contributed by atoms with van der Waals surface area (Å²) in [6.07, 6.45) is 2.66. The summed E-state index contributed by atoms with van der Waals surface area (Å²) in [6.45, 7) is 10.0. The molecule has 0 aromatic rings. The molecular weight excluding hydrogens is 188 g/mol. The van der Waals surface area contributed by atoms with Crippen molar-refractivity contribution < 1.29 is 4.74 Å². The number of likely N-dealkylation sites (tertiary alicyclic amines) is 1. The predicted octanol–water partition coefficient (Wildman–Crippen LogP) is 1.34. The Morgan fingerprint density at radius 3 is 2.60 bits per heavy atom. The lowest BCUT2D eigenvalue weighted by Gasteiger charge is -2.34. The topological polar surface area (TPSA) is 24.5 Å². The number of rotatable bonds is 6. The van der Waals surface area contributed by atoms with Gasteiger partial charge in [-0.1, -0.05) is 6.92 Å². The number of piperidine rings is 1. The summed E-state index contributed by atoms with van der Waals surface area (Å²) in [6, 6.07) is 0.680. The highest BCUT2D eigenvalue weighted by atomic mass is 16.5. The molecule has 1 fully saturated rings. The zero-order valence-electron chi connectivity index (χ0n) is 10.5. The smallest absolute Gasteiger partial charge is 0.0589 e. The van der Waals surface area contributed by atoms with E-state index in [0.29, 0.717) is 6.04 Å². The average molecular weight is 214 g/mol. The second-order valence-electron chi connectivity index (χ2n) is 4.52. The van der Waals surface area contributed by atoms with Crippen LogP contribution in [-0.4, -0.2) is 50.8 Å². The van der Waals surface area contributed by atoms with Crippen LogP contribution in [0.25, 0.3) is 0 Å². The van der Waals surface area contributed by atoms with E-state index in [9.17, 15) is 0 Å². The zero-order chi connectivity index (χ0) is 11.1. The van der Waals surface area contributed by atoms with Crippen molar-refractivity contribution in [3.8, 4) is 0 Å². The van der Waals surface area contributed by atoms with E-state index < -0.39 is 0 Å². The maximum Gasteiger partial charge on any atom is 0.0589 e. The molecule has 1 rings (SSSR count). The summed E-state index contributed by atoms with van der Waals surface area (Å²) in [5.74, 6) is 0.865. The molecule has 1 saturated heterocycles. The summed E-state index contributed by atoms with van der Waals surface area (Å²) in [4.78, 5) is 2.51. The Morgan fingerprint density at radius 2 is 2.07 bits per heavy atom. The van der Waals surface area contributed by atoms with E-state index in [1.54, 1.807) is 7.11 Å². The minimum absolute atomic E-state index is 0.680. The van der Waals surface area contributed by atoms with Gasteiger partial charge in [0.1, 0.15) is 0 Å². The summed E-state index contributed by atoms with van der Waals surface area (Å²) in [5, 5.41) is 3.53. The van der Waals surface area contributed by atoms with Crippen molar-refractivity contribution in [2.45, 2.75) is 32.7 Å². The standard InChI is InChI=1S/C12H26N2O/c1-4-13-11(2)12-5-7-14(8-6-12)9-10-15-3/h11-13H,4-10H2,1-3H3. The lowest BCUT2D eigenvalue weighted by Crippen LogP contribution is -2.42. The second-order valence-corrected chi connectivity index (χ2v) is 4.52. The highest BCUT2D eigenvalue weighted by Crippen LogP contribution is 2.20. The first-order valence-electron chi connectivity index (χ1n) is 6.22. The van der Waals surface area contributed by atoms with Crippen molar-refractivity contribution in [3.63, 3.8) is 0 Å². The van der Waals surface area contributed by atoms with Gasteiger partial charge in [0.25, 0.3) is 0 Å². The average Bonchev–Trinajstić information content (AvgIpc) is 2.27. The van der Waals surface area contributed by atoms with Gasteiger partial charge in [0, 0.05) is 19.7 Å². The van der Waals surface area contributed by atoms with Gasteiger partial charge >= 0.3 is 0 Å². The Bertz CT molecular complexity index is 156. The lowest BCUT2D eigenvalue weighted by atomic mass is 9.90. The largest absolute Gasteiger partial charge is 0.383 e.